The number of carbonyl (C=O) groups excluding carboxylic acids is 2. The Labute approximate surface area is 128 Å². The molecule has 5 nitrogen and oxygen atoms in total. The van der Waals surface area contributed by atoms with Crippen LogP contribution in [0, 0.1) is 0 Å². The summed E-state index contributed by atoms with van der Waals surface area (Å²) in [7, 11) is 3.85. The minimum absolute atomic E-state index is 0.313. The molecule has 0 N–H and O–H groups in total. The number of nitrogens with zero attached hydrogens (tertiary/aromatic N) is 1. The van der Waals surface area contributed by atoms with E-state index in [2.05, 4.69) is 13.2 Å². The molecule has 0 aliphatic heterocycles. The average Bonchev–Trinajstić information content (AvgIpc) is 2.26. The SMILES string of the molecule is C=C(C)C(=O)OC(C)(C)C.C=C(C)C(=O)OCCN(C)C. The van der Waals surface area contributed by atoms with Crippen LogP contribution in [-0.4, -0.2) is 49.7 Å². The molecule has 0 spiro atoms. The Morgan fingerprint density at radius 3 is 1.67 bits per heavy atom. The highest BCUT2D eigenvalue weighted by molar-refractivity contribution is 5.87. The van der Waals surface area contributed by atoms with Crippen molar-refractivity contribution in [2.45, 2.75) is 40.2 Å². The third-order valence-corrected chi connectivity index (χ3v) is 1.87. The van der Waals surface area contributed by atoms with E-state index in [4.69, 9.17) is 9.47 Å². The summed E-state index contributed by atoms with van der Waals surface area (Å²) in [6, 6.07) is 0. The fourth-order valence-corrected chi connectivity index (χ4v) is 0.809. The van der Waals surface area contributed by atoms with Gasteiger partial charge in [-0.05, 0) is 48.7 Å². The number of ether oxygens (including phenoxy) is 2. The van der Waals surface area contributed by atoms with Crippen LogP contribution >= 0.6 is 0 Å². The lowest BCUT2D eigenvalue weighted by molar-refractivity contribution is -0.149. The normalized spacial score (nSPS) is 10.3. The Hall–Kier alpha value is -1.62. The summed E-state index contributed by atoms with van der Waals surface area (Å²) < 4.78 is 9.79. The Balaban J connectivity index is 0. The minimum atomic E-state index is -0.407. The van der Waals surface area contributed by atoms with Gasteiger partial charge in [0.25, 0.3) is 0 Å². The summed E-state index contributed by atoms with van der Waals surface area (Å²) in [5.74, 6) is -0.639. The first kappa shape index (κ1) is 21.7. The van der Waals surface area contributed by atoms with Gasteiger partial charge in [-0.3, -0.25) is 0 Å². The van der Waals surface area contributed by atoms with E-state index in [0.717, 1.165) is 6.54 Å². The highest BCUT2D eigenvalue weighted by Gasteiger charge is 2.15. The van der Waals surface area contributed by atoms with Gasteiger partial charge in [0.2, 0.25) is 0 Å². The second kappa shape index (κ2) is 10.2. The van der Waals surface area contributed by atoms with Crippen LogP contribution in [0.1, 0.15) is 34.6 Å². The second-order valence-corrected chi connectivity index (χ2v) is 6.00. The third kappa shape index (κ3) is 16.3. The molecule has 0 atom stereocenters. The van der Waals surface area contributed by atoms with Gasteiger partial charge in [-0.2, -0.15) is 0 Å². The topological polar surface area (TPSA) is 55.8 Å². The zero-order valence-corrected chi connectivity index (χ0v) is 14.4. The van der Waals surface area contributed by atoms with E-state index in [9.17, 15) is 9.59 Å². The van der Waals surface area contributed by atoms with E-state index in [-0.39, 0.29) is 11.9 Å². The number of esters is 2. The summed E-state index contributed by atoms with van der Waals surface area (Å²) in [4.78, 5) is 23.6. The van der Waals surface area contributed by atoms with Gasteiger partial charge in [0.05, 0.1) is 0 Å². The standard InChI is InChI=1S/C8H15NO2.C8H14O2/c1-7(2)8(10)11-6-5-9(3)4;1-6(2)7(9)10-8(3,4)5/h1,5-6H2,2-4H3;1H2,2-5H3. The predicted molar refractivity (Wildman–Crippen MR) is 85.0 cm³/mol. The van der Waals surface area contributed by atoms with E-state index in [0.29, 0.717) is 17.8 Å². The molecule has 0 heterocycles. The van der Waals surface area contributed by atoms with Crippen molar-refractivity contribution in [1.82, 2.24) is 4.90 Å². The van der Waals surface area contributed by atoms with Gasteiger partial charge in [0, 0.05) is 17.7 Å². The summed E-state index contributed by atoms with van der Waals surface area (Å²) in [5.41, 5.74) is 0.481. The molecule has 5 heteroatoms. The highest BCUT2D eigenvalue weighted by atomic mass is 16.6. The minimum Gasteiger partial charge on any atom is -0.461 e. The molecule has 0 unspecified atom stereocenters. The molecule has 0 aliphatic rings. The fourth-order valence-electron chi connectivity index (χ4n) is 0.809. The molecular formula is C16H29NO4. The van der Waals surface area contributed by atoms with E-state index >= 15 is 0 Å². The Kier molecular flexibility index (Phi) is 10.5. The first-order valence-electron chi connectivity index (χ1n) is 6.73. The van der Waals surface area contributed by atoms with Crippen LogP contribution in [-0.2, 0) is 19.1 Å². The number of carbonyl (C=O) groups is 2. The van der Waals surface area contributed by atoms with Gasteiger partial charge in [0.1, 0.15) is 12.2 Å². The van der Waals surface area contributed by atoms with Crippen LogP contribution < -0.4 is 0 Å². The highest BCUT2D eigenvalue weighted by Crippen LogP contribution is 2.09. The second-order valence-electron chi connectivity index (χ2n) is 6.00. The molecule has 0 radical (unpaired) electrons. The lowest BCUT2D eigenvalue weighted by atomic mass is 10.2. The number of rotatable bonds is 5. The molecule has 0 aromatic heterocycles. The molecule has 0 aromatic rings. The van der Waals surface area contributed by atoms with Crippen molar-refractivity contribution >= 4 is 11.9 Å². The van der Waals surface area contributed by atoms with Crippen molar-refractivity contribution in [3.05, 3.63) is 24.3 Å². The molecule has 122 valence electrons. The summed E-state index contributed by atoms with van der Waals surface area (Å²) in [5, 5.41) is 0. The summed E-state index contributed by atoms with van der Waals surface area (Å²) in [6.45, 7) is 16.9. The van der Waals surface area contributed by atoms with Crippen molar-refractivity contribution in [3.8, 4) is 0 Å². The van der Waals surface area contributed by atoms with Gasteiger partial charge in [-0.1, -0.05) is 13.2 Å². The molecule has 0 amide bonds. The molecule has 21 heavy (non-hydrogen) atoms. The van der Waals surface area contributed by atoms with Gasteiger partial charge < -0.3 is 14.4 Å². The maximum atomic E-state index is 10.8. The van der Waals surface area contributed by atoms with Crippen LogP contribution in [0.2, 0.25) is 0 Å². The summed E-state index contributed by atoms with van der Waals surface area (Å²) >= 11 is 0. The van der Waals surface area contributed by atoms with Crippen molar-refractivity contribution in [2.24, 2.45) is 0 Å². The van der Waals surface area contributed by atoms with Crippen LogP contribution in [0.5, 0.6) is 0 Å². The van der Waals surface area contributed by atoms with E-state index in [1.54, 1.807) is 13.8 Å². The molecule has 0 saturated heterocycles. The van der Waals surface area contributed by atoms with Crippen molar-refractivity contribution in [1.29, 1.82) is 0 Å². The smallest absolute Gasteiger partial charge is 0.333 e. The molecule has 0 aromatic carbocycles. The molecular weight excluding hydrogens is 270 g/mol. The first-order valence-corrected chi connectivity index (χ1v) is 6.73. The van der Waals surface area contributed by atoms with Gasteiger partial charge in [-0.25, -0.2) is 9.59 Å². The van der Waals surface area contributed by atoms with Crippen molar-refractivity contribution < 1.29 is 19.1 Å². The first-order chi connectivity index (χ1) is 9.36. The van der Waals surface area contributed by atoms with Crippen LogP contribution in [0.4, 0.5) is 0 Å². The molecule has 0 rings (SSSR count). The maximum absolute atomic E-state index is 10.8. The van der Waals surface area contributed by atoms with E-state index < -0.39 is 5.60 Å². The monoisotopic (exact) mass is 299 g/mol. The largest absolute Gasteiger partial charge is 0.461 e. The molecule has 0 fully saturated rings. The third-order valence-electron chi connectivity index (χ3n) is 1.87. The zero-order valence-electron chi connectivity index (χ0n) is 14.4. The lowest BCUT2D eigenvalue weighted by Crippen LogP contribution is -2.23. The number of likely N-dealkylation sites (N-methyl/N-ethyl adjacent to an activating group) is 1. The number of hydrogen-bond donors (Lipinski definition) is 0. The van der Waals surface area contributed by atoms with Crippen molar-refractivity contribution in [3.63, 3.8) is 0 Å². The van der Waals surface area contributed by atoms with Gasteiger partial charge in [0.15, 0.2) is 0 Å². The quantitative estimate of drug-likeness (QED) is 0.577. The molecule has 0 aliphatic carbocycles. The van der Waals surface area contributed by atoms with E-state index in [1.807, 2.05) is 39.8 Å². The molecule has 0 saturated carbocycles. The maximum Gasteiger partial charge on any atom is 0.333 e. The van der Waals surface area contributed by atoms with E-state index in [1.165, 1.54) is 0 Å². The summed E-state index contributed by atoms with van der Waals surface area (Å²) in [6.07, 6.45) is 0. The Morgan fingerprint density at radius 1 is 1.00 bits per heavy atom. The zero-order chi connectivity index (χ0) is 17.2. The number of hydrogen-bond acceptors (Lipinski definition) is 5. The van der Waals surface area contributed by atoms with Gasteiger partial charge >= 0.3 is 11.9 Å². The Morgan fingerprint density at radius 2 is 1.43 bits per heavy atom. The average molecular weight is 299 g/mol. The van der Waals surface area contributed by atoms with Gasteiger partial charge in [-0.15, -0.1) is 0 Å². The van der Waals surface area contributed by atoms with Crippen LogP contribution in [0.3, 0.4) is 0 Å². The predicted octanol–water partition coefficient (Wildman–Crippen LogP) is 2.57. The molecule has 0 bridgehead atoms. The fraction of sp³-hybridized carbons (Fsp3) is 0.625. The van der Waals surface area contributed by atoms with Crippen molar-refractivity contribution in [2.75, 3.05) is 27.2 Å². The van der Waals surface area contributed by atoms with Crippen LogP contribution in [0.15, 0.2) is 24.3 Å². The lowest BCUT2D eigenvalue weighted by Gasteiger charge is -2.19. The van der Waals surface area contributed by atoms with Crippen LogP contribution in [0.25, 0.3) is 0 Å². The Bertz CT molecular complexity index is 378.